The molecule has 1 saturated carbocycles. The van der Waals surface area contributed by atoms with Crippen molar-refractivity contribution in [2.45, 2.75) is 18.4 Å². The van der Waals surface area contributed by atoms with Gasteiger partial charge in [-0.3, -0.25) is 4.79 Å². The third kappa shape index (κ3) is 1.98. The average Bonchev–Trinajstić information content (AvgIpc) is 3.13. The number of Topliss-reactive ketones (excluding diaryl/α,β-unsaturated/α-hetero) is 1. The molecule has 0 unspecified atom stereocenters. The van der Waals surface area contributed by atoms with Crippen LogP contribution in [-0.4, -0.2) is 17.1 Å². The first-order valence-electron chi connectivity index (χ1n) is 8.90. The fourth-order valence-electron chi connectivity index (χ4n) is 4.74. The number of fused-ring (bicyclic) bond motifs is 1. The first-order valence-corrected chi connectivity index (χ1v) is 8.90. The molecule has 4 aliphatic rings. The topological polar surface area (TPSA) is 38.7 Å². The summed E-state index contributed by atoms with van der Waals surface area (Å²) >= 11 is 0. The van der Waals surface area contributed by atoms with Crippen LogP contribution in [0.2, 0.25) is 0 Å². The van der Waals surface area contributed by atoms with Gasteiger partial charge >= 0.3 is 0 Å². The molecule has 3 aliphatic carbocycles. The Hall–Kier alpha value is -2.68. The molecule has 4 atom stereocenters. The summed E-state index contributed by atoms with van der Waals surface area (Å²) in [6, 6.07) is 19.6. The van der Waals surface area contributed by atoms with Crippen molar-refractivity contribution < 1.29 is 9.63 Å². The fourth-order valence-corrected chi connectivity index (χ4v) is 4.74. The van der Waals surface area contributed by atoms with Gasteiger partial charge < -0.3 is 4.84 Å². The van der Waals surface area contributed by atoms with E-state index in [4.69, 9.17) is 4.84 Å². The van der Waals surface area contributed by atoms with E-state index >= 15 is 0 Å². The summed E-state index contributed by atoms with van der Waals surface area (Å²) in [5, 5.41) is 4.47. The van der Waals surface area contributed by atoms with Gasteiger partial charge in [0.05, 0.1) is 11.6 Å². The first-order chi connectivity index (χ1) is 12.3. The molecular formula is C22H19NO2. The molecular weight excluding hydrogens is 310 g/mol. The molecule has 3 heteroatoms. The molecule has 0 amide bonds. The van der Waals surface area contributed by atoms with Gasteiger partial charge in [-0.2, -0.15) is 0 Å². The number of hydrogen-bond donors (Lipinski definition) is 0. The summed E-state index contributed by atoms with van der Waals surface area (Å²) in [4.78, 5) is 19.6. The van der Waals surface area contributed by atoms with E-state index in [0.29, 0.717) is 11.5 Å². The molecule has 6 rings (SSSR count). The van der Waals surface area contributed by atoms with Crippen LogP contribution in [0.15, 0.2) is 78.0 Å². The highest BCUT2D eigenvalue weighted by atomic mass is 16.7. The maximum atomic E-state index is 13.5. The maximum absolute atomic E-state index is 13.5. The summed E-state index contributed by atoms with van der Waals surface area (Å²) in [5.41, 5.74) is 1.79. The highest BCUT2D eigenvalue weighted by molar-refractivity contribution is 6.12. The zero-order valence-corrected chi connectivity index (χ0v) is 13.8. The van der Waals surface area contributed by atoms with E-state index in [1.165, 1.54) is 0 Å². The van der Waals surface area contributed by atoms with Gasteiger partial charge in [-0.15, -0.1) is 0 Å². The summed E-state index contributed by atoms with van der Waals surface area (Å²) in [7, 11) is 0. The molecule has 3 nitrogen and oxygen atoms in total. The van der Waals surface area contributed by atoms with Crippen molar-refractivity contribution >= 4 is 11.5 Å². The molecule has 1 fully saturated rings. The van der Waals surface area contributed by atoms with Crippen LogP contribution in [0.1, 0.15) is 28.8 Å². The lowest BCUT2D eigenvalue weighted by Gasteiger charge is -2.47. The number of ketones is 1. The van der Waals surface area contributed by atoms with Crippen LogP contribution >= 0.6 is 0 Å². The number of carbonyl (C=O) groups excluding carboxylic acids is 1. The molecule has 2 aromatic rings. The Kier molecular flexibility index (Phi) is 3.17. The van der Waals surface area contributed by atoms with Gasteiger partial charge in [-0.25, -0.2) is 0 Å². The van der Waals surface area contributed by atoms with Crippen molar-refractivity contribution in [3.63, 3.8) is 0 Å². The lowest BCUT2D eigenvalue weighted by molar-refractivity contribution is -0.0785. The van der Waals surface area contributed by atoms with Crippen LogP contribution in [0.5, 0.6) is 0 Å². The minimum absolute atomic E-state index is 0.00800. The van der Waals surface area contributed by atoms with Crippen molar-refractivity contribution in [3.05, 3.63) is 83.9 Å². The summed E-state index contributed by atoms with van der Waals surface area (Å²) < 4.78 is 0. The van der Waals surface area contributed by atoms with E-state index < -0.39 is 5.60 Å². The number of hydrogen-bond acceptors (Lipinski definition) is 3. The van der Waals surface area contributed by atoms with Gasteiger partial charge in [-0.1, -0.05) is 78.0 Å². The first kappa shape index (κ1) is 14.6. The third-order valence-corrected chi connectivity index (χ3v) is 5.89. The average molecular weight is 329 g/mol. The highest BCUT2D eigenvalue weighted by Crippen LogP contribution is 2.54. The molecule has 2 bridgehead atoms. The third-order valence-electron chi connectivity index (χ3n) is 5.89. The Bertz CT molecular complexity index is 871. The quantitative estimate of drug-likeness (QED) is 0.623. The van der Waals surface area contributed by atoms with Gasteiger partial charge in [0.15, 0.2) is 0 Å². The van der Waals surface area contributed by atoms with Gasteiger partial charge in [0.2, 0.25) is 11.4 Å². The number of rotatable bonds is 3. The molecule has 1 heterocycles. The minimum atomic E-state index is -0.885. The molecule has 1 aliphatic heterocycles. The normalized spacial score (nSPS) is 32.0. The Morgan fingerprint density at radius 1 is 0.960 bits per heavy atom. The Labute approximate surface area is 147 Å². The minimum Gasteiger partial charge on any atom is -0.379 e. The SMILES string of the molecule is O=C(c1ccccc1)[C@@]12ON=C(c3ccccc3)[C@@H]1[C@H]1C=C[C@@H]2CC1. The number of allylic oxidation sites excluding steroid dienone is 1. The summed E-state index contributed by atoms with van der Waals surface area (Å²) in [6.07, 6.45) is 6.51. The molecule has 2 aromatic carbocycles. The molecule has 0 N–H and O–H groups in total. The van der Waals surface area contributed by atoms with Crippen LogP contribution in [0.25, 0.3) is 0 Å². The van der Waals surface area contributed by atoms with Crippen molar-refractivity contribution in [3.8, 4) is 0 Å². The van der Waals surface area contributed by atoms with Crippen LogP contribution in [-0.2, 0) is 4.84 Å². The van der Waals surface area contributed by atoms with Crippen LogP contribution in [0.4, 0.5) is 0 Å². The monoisotopic (exact) mass is 329 g/mol. The second-order valence-electron chi connectivity index (χ2n) is 7.13. The van der Waals surface area contributed by atoms with Crippen molar-refractivity contribution in [1.29, 1.82) is 0 Å². The Morgan fingerprint density at radius 2 is 1.68 bits per heavy atom. The number of benzene rings is 2. The lowest BCUT2D eigenvalue weighted by Crippen LogP contribution is -2.58. The molecule has 124 valence electrons. The lowest BCUT2D eigenvalue weighted by atomic mass is 9.56. The molecule has 0 spiro atoms. The van der Waals surface area contributed by atoms with E-state index in [9.17, 15) is 4.79 Å². The van der Waals surface area contributed by atoms with Crippen LogP contribution in [0.3, 0.4) is 0 Å². The predicted octanol–water partition coefficient (Wildman–Crippen LogP) is 4.25. The predicted molar refractivity (Wildman–Crippen MR) is 96.4 cm³/mol. The molecule has 0 aromatic heterocycles. The van der Waals surface area contributed by atoms with Crippen LogP contribution < -0.4 is 0 Å². The van der Waals surface area contributed by atoms with E-state index in [1.807, 2.05) is 48.5 Å². The fraction of sp³-hybridized carbons (Fsp3) is 0.273. The van der Waals surface area contributed by atoms with E-state index in [-0.39, 0.29) is 17.6 Å². The number of oxime groups is 1. The zero-order valence-electron chi connectivity index (χ0n) is 13.8. The van der Waals surface area contributed by atoms with E-state index in [1.54, 1.807) is 0 Å². The summed E-state index contributed by atoms with van der Waals surface area (Å²) in [6.45, 7) is 0. The van der Waals surface area contributed by atoms with Crippen LogP contribution in [0, 0.1) is 17.8 Å². The number of carbonyl (C=O) groups is 1. The second kappa shape index (κ2) is 5.41. The summed E-state index contributed by atoms with van der Waals surface area (Å²) in [5.74, 6) is 0.442. The zero-order chi connectivity index (χ0) is 16.9. The Balaban J connectivity index is 1.63. The molecule has 0 saturated heterocycles. The van der Waals surface area contributed by atoms with Crippen molar-refractivity contribution in [2.75, 3.05) is 0 Å². The van der Waals surface area contributed by atoms with E-state index in [2.05, 4.69) is 29.4 Å². The number of nitrogens with zero attached hydrogens (tertiary/aromatic N) is 1. The van der Waals surface area contributed by atoms with Gasteiger partial charge in [0, 0.05) is 11.5 Å². The van der Waals surface area contributed by atoms with Crippen molar-refractivity contribution in [1.82, 2.24) is 0 Å². The standard InChI is InChI=1S/C22H19NO2/c24-21(17-9-5-2-6-10-17)22-18-13-11-15(12-14-18)19(22)20(23-25-22)16-7-3-1-4-8-16/h1-11,13,15,18-19H,12,14H2/t15-,18+,19-,22-/m0/s1. The molecule has 25 heavy (non-hydrogen) atoms. The van der Waals surface area contributed by atoms with Crippen molar-refractivity contribution in [2.24, 2.45) is 22.9 Å². The van der Waals surface area contributed by atoms with Gasteiger partial charge in [-0.05, 0) is 24.3 Å². The van der Waals surface area contributed by atoms with Gasteiger partial charge in [0.1, 0.15) is 0 Å². The Morgan fingerprint density at radius 3 is 2.36 bits per heavy atom. The smallest absolute Gasteiger partial charge is 0.214 e. The second-order valence-corrected chi connectivity index (χ2v) is 7.13. The largest absolute Gasteiger partial charge is 0.379 e. The highest BCUT2D eigenvalue weighted by Gasteiger charge is 2.64. The maximum Gasteiger partial charge on any atom is 0.214 e. The molecule has 0 radical (unpaired) electrons. The van der Waals surface area contributed by atoms with E-state index in [0.717, 1.165) is 24.1 Å². The van der Waals surface area contributed by atoms with Gasteiger partial charge in [0.25, 0.3) is 0 Å².